The van der Waals surface area contributed by atoms with E-state index in [1.54, 1.807) is 66.7 Å². The predicted octanol–water partition coefficient (Wildman–Crippen LogP) is 4.34. The average molecular weight is 462 g/mol. The number of sulfonamides is 1. The van der Waals surface area contributed by atoms with Crippen LogP contribution in [0.5, 0.6) is 0 Å². The molecule has 1 N–H and O–H groups in total. The van der Waals surface area contributed by atoms with Gasteiger partial charge < -0.3 is 0 Å². The van der Waals surface area contributed by atoms with Crippen LogP contribution in [0.25, 0.3) is 0 Å². The van der Waals surface area contributed by atoms with Gasteiger partial charge in [0.05, 0.1) is 26.8 Å². The lowest BCUT2D eigenvalue weighted by atomic mass is 10.2. The van der Waals surface area contributed by atoms with Crippen LogP contribution in [0.1, 0.15) is 5.56 Å². The van der Waals surface area contributed by atoms with Gasteiger partial charge in [0.1, 0.15) is 6.54 Å². The maximum atomic E-state index is 13.1. The van der Waals surface area contributed by atoms with Crippen molar-refractivity contribution in [2.45, 2.75) is 4.90 Å². The van der Waals surface area contributed by atoms with Crippen LogP contribution < -0.4 is 9.73 Å². The fourth-order valence-corrected chi connectivity index (χ4v) is 4.31. The van der Waals surface area contributed by atoms with Crippen LogP contribution in [0.3, 0.4) is 0 Å². The summed E-state index contributed by atoms with van der Waals surface area (Å²) in [4.78, 5) is 12.5. The molecule has 6 nitrogen and oxygen atoms in total. The van der Waals surface area contributed by atoms with Gasteiger partial charge in [-0.05, 0) is 42.0 Å². The van der Waals surface area contributed by atoms with E-state index < -0.39 is 22.5 Å². The molecule has 0 aliphatic carbocycles. The van der Waals surface area contributed by atoms with Gasteiger partial charge in [0.2, 0.25) is 0 Å². The maximum absolute atomic E-state index is 13.1. The number of halogens is 2. The van der Waals surface area contributed by atoms with Crippen molar-refractivity contribution in [2.24, 2.45) is 5.10 Å². The van der Waals surface area contributed by atoms with E-state index in [1.165, 1.54) is 18.3 Å². The van der Waals surface area contributed by atoms with E-state index in [1.807, 2.05) is 0 Å². The number of anilines is 1. The Kier molecular flexibility index (Phi) is 7.10. The first-order valence-corrected chi connectivity index (χ1v) is 11.0. The molecule has 30 heavy (non-hydrogen) atoms. The SMILES string of the molecule is O=C(CN(c1ccccc1)S(=O)(=O)c1ccccc1)N/N=C/c1ccc(Cl)c(Cl)c1. The van der Waals surface area contributed by atoms with Crippen molar-refractivity contribution in [1.29, 1.82) is 0 Å². The van der Waals surface area contributed by atoms with Crippen molar-refractivity contribution in [2.75, 3.05) is 10.8 Å². The minimum atomic E-state index is -3.95. The highest BCUT2D eigenvalue weighted by Crippen LogP contribution is 2.23. The van der Waals surface area contributed by atoms with Crippen LogP contribution in [-0.4, -0.2) is 27.1 Å². The number of rotatable bonds is 7. The summed E-state index contributed by atoms with van der Waals surface area (Å²) in [5.74, 6) is -0.602. The number of para-hydroxylation sites is 1. The molecule has 0 spiro atoms. The molecule has 0 unspecified atom stereocenters. The van der Waals surface area contributed by atoms with E-state index in [0.29, 0.717) is 21.3 Å². The maximum Gasteiger partial charge on any atom is 0.264 e. The summed E-state index contributed by atoms with van der Waals surface area (Å²) in [5.41, 5.74) is 3.33. The molecule has 154 valence electrons. The molecular weight excluding hydrogens is 445 g/mol. The first kappa shape index (κ1) is 21.8. The molecule has 3 aromatic rings. The molecule has 0 fully saturated rings. The van der Waals surface area contributed by atoms with Gasteiger partial charge in [0.25, 0.3) is 15.9 Å². The van der Waals surface area contributed by atoms with E-state index in [2.05, 4.69) is 10.5 Å². The number of nitrogens with zero attached hydrogens (tertiary/aromatic N) is 2. The molecule has 0 aromatic heterocycles. The van der Waals surface area contributed by atoms with Crippen molar-refractivity contribution in [1.82, 2.24) is 5.43 Å². The third-order valence-electron chi connectivity index (χ3n) is 4.01. The summed E-state index contributed by atoms with van der Waals surface area (Å²) in [6.45, 7) is -0.444. The Morgan fingerprint density at radius 2 is 1.57 bits per heavy atom. The largest absolute Gasteiger partial charge is 0.271 e. The lowest BCUT2D eigenvalue weighted by Gasteiger charge is -2.23. The minimum absolute atomic E-state index is 0.0842. The van der Waals surface area contributed by atoms with Crippen molar-refractivity contribution < 1.29 is 13.2 Å². The first-order chi connectivity index (χ1) is 14.4. The molecule has 0 bridgehead atoms. The van der Waals surface area contributed by atoms with E-state index in [0.717, 1.165) is 4.31 Å². The van der Waals surface area contributed by atoms with Gasteiger partial charge in [-0.3, -0.25) is 9.10 Å². The van der Waals surface area contributed by atoms with Gasteiger partial charge in [0.15, 0.2) is 0 Å². The minimum Gasteiger partial charge on any atom is -0.271 e. The van der Waals surface area contributed by atoms with Crippen molar-refractivity contribution in [3.05, 3.63) is 94.5 Å². The van der Waals surface area contributed by atoms with Gasteiger partial charge in [0, 0.05) is 0 Å². The van der Waals surface area contributed by atoms with Crippen molar-refractivity contribution in [3.8, 4) is 0 Å². The van der Waals surface area contributed by atoms with Gasteiger partial charge in [-0.15, -0.1) is 0 Å². The topological polar surface area (TPSA) is 78.8 Å². The Labute approximate surface area is 184 Å². The molecule has 0 aliphatic heterocycles. The van der Waals surface area contributed by atoms with Gasteiger partial charge >= 0.3 is 0 Å². The second kappa shape index (κ2) is 9.75. The summed E-state index contributed by atoms with van der Waals surface area (Å²) >= 11 is 11.8. The lowest BCUT2D eigenvalue weighted by molar-refractivity contribution is -0.119. The summed E-state index contributed by atoms with van der Waals surface area (Å²) in [5, 5.41) is 4.63. The molecule has 0 radical (unpaired) electrons. The molecule has 0 saturated heterocycles. The molecule has 9 heteroatoms. The predicted molar refractivity (Wildman–Crippen MR) is 120 cm³/mol. The molecule has 0 heterocycles. The molecular formula is C21H17Cl2N3O3S. The third kappa shape index (κ3) is 5.38. The molecule has 1 amide bonds. The molecule has 3 aromatic carbocycles. The van der Waals surface area contributed by atoms with Crippen molar-refractivity contribution in [3.63, 3.8) is 0 Å². The Bertz CT molecular complexity index is 1150. The average Bonchev–Trinajstić information content (AvgIpc) is 2.75. The highest BCUT2D eigenvalue weighted by Gasteiger charge is 2.26. The number of carbonyl (C=O) groups excluding carboxylic acids is 1. The number of carbonyl (C=O) groups is 1. The van der Waals surface area contributed by atoms with E-state index in [4.69, 9.17) is 23.2 Å². The summed E-state index contributed by atoms with van der Waals surface area (Å²) in [7, 11) is -3.95. The van der Waals surface area contributed by atoms with Gasteiger partial charge in [-0.1, -0.05) is 65.7 Å². The fourth-order valence-electron chi connectivity index (χ4n) is 2.57. The second-order valence-corrected chi connectivity index (χ2v) is 8.80. The Morgan fingerprint density at radius 3 is 2.20 bits per heavy atom. The number of hydrogen-bond donors (Lipinski definition) is 1. The monoisotopic (exact) mass is 461 g/mol. The number of benzene rings is 3. The number of hydrogen-bond acceptors (Lipinski definition) is 4. The smallest absolute Gasteiger partial charge is 0.264 e. The highest BCUT2D eigenvalue weighted by atomic mass is 35.5. The second-order valence-electron chi connectivity index (χ2n) is 6.13. The molecule has 0 saturated carbocycles. The van der Waals surface area contributed by atoms with Crippen LogP contribution in [0.2, 0.25) is 10.0 Å². The normalized spacial score (nSPS) is 11.4. The number of amides is 1. The zero-order valence-electron chi connectivity index (χ0n) is 15.6. The number of hydrazone groups is 1. The summed E-state index contributed by atoms with van der Waals surface area (Å²) in [6.07, 6.45) is 1.39. The van der Waals surface area contributed by atoms with Crippen LogP contribution in [-0.2, 0) is 14.8 Å². The fraction of sp³-hybridized carbons (Fsp3) is 0.0476. The highest BCUT2D eigenvalue weighted by molar-refractivity contribution is 7.92. The van der Waals surface area contributed by atoms with Gasteiger partial charge in [-0.25, -0.2) is 13.8 Å². The zero-order chi connectivity index (χ0) is 21.6. The Balaban J connectivity index is 1.79. The standard InChI is InChI=1S/C21H17Cl2N3O3S/c22-19-12-11-16(13-20(19)23)14-24-25-21(27)15-26(17-7-3-1-4-8-17)30(28,29)18-9-5-2-6-10-18/h1-14H,15H2,(H,25,27)/b24-14+. The Morgan fingerprint density at radius 1 is 0.933 bits per heavy atom. The van der Waals surface area contributed by atoms with Crippen molar-refractivity contribution >= 4 is 51.0 Å². The lowest BCUT2D eigenvalue weighted by Crippen LogP contribution is -2.39. The summed E-state index contributed by atoms with van der Waals surface area (Å²) in [6, 6.07) is 21.2. The summed E-state index contributed by atoms with van der Waals surface area (Å²) < 4.78 is 27.3. The van der Waals surface area contributed by atoms with Crippen LogP contribution in [0, 0.1) is 0 Å². The van der Waals surface area contributed by atoms with E-state index in [9.17, 15) is 13.2 Å². The first-order valence-electron chi connectivity index (χ1n) is 8.78. The van der Waals surface area contributed by atoms with Crippen LogP contribution in [0.4, 0.5) is 5.69 Å². The number of nitrogens with one attached hydrogen (secondary N) is 1. The van der Waals surface area contributed by atoms with E-state index >= 15 is 0 Å². The molecule has 3 rings (SSSR count). The zero-order valence-corrected chi connectivity index (χ0v) is 17.9. The van der Waals surface area contributed by atoms with E-state index in [-0.39, 0.29) is 4.90 Å². The van der Waals surface area contributed by atoms with Gasteiger partial charge in [-0.2, -0.15) is 5.10 Å². The molecule has 0 aliphatic rings. The molecule has 0 atom stereocenters. The third-order valence-corrected chi connectivity index (χ3v) is 6.54. The van der Waals surface area contributed by atoms with Crippen LogP contribution >= 0.6 is 23.2 Å². The Hall–Kier alpha value is -2.87. The van der Waals surface area contributed by atoms with Crippen LogP contribution in [0.15, 0.2) is 88.9 Å². The quantitative estimate of drug-likeness (QED) is 0.419.